The van der Waals surface area contributed by atoms with E-state index in [0.717, 1.165) is 0 Å². The summed E-state index contributed by atoms with van der Waals surface area (Å²) >= 11 is 1.76. The average Bonchev–Trinajstić information content (AvgIpc) is 2.71. The smallest absolute Gasteiger partial charge is 0.145 e. The van der Waals surface area contributed by atoms with E-state index in [4.69, 9.17) is 0 Å². The van der Waals surface area contributed by atoms with Gasteiger partial charge in [0.2, 0.25) is 0 Å². The van der Waals surface area contributed by atoms with E-state index in [0.29, 0.717) is 0 Å². The Balaban J connectivity index is 2.29. The molecule has 1 aromatic heterocycles. The fourth-order valence-corrected chi connectivity index (χ4v) is 2.11. The van der Waals surface area contributed by atoms with Crippen LogP contribution in [0.25, 0.3) is 0 Å². The number of quaternary nitrogens is 1. The minimum atomic E-state index is 0.279. The van der Waals surface area contributed by atoms with Crippen LogP contribution < -0.4 is 5.73 Å². The van der Waals surface area contributed by atoms with Gasteiger partial charge < -0.3 is 5.73 Å². The van der Waals surface area contributed by atoms with Gasteiger partial charge in [0.15, 0.2) is 0 Å². The normalized spacial score (nSPS) is 12.7. The third-order valence-corrected chi connectivity index (χ3v) is 3.07. The standard InChI is InChI=1S/C11H11NS/c12-11(10-7-4-8-13-10)9-5-2-1-3-6-9/h1-8,11H,12H2/p+1/t11-/m0/s1. The van der Waals surface area contributed by atoms with Crippen LogP contribution in [0.4, 0.5) is 0 Å². The molecule has 1 nitrogen and oxygen atoms in total. The monoisotopic (exact) mass is 190 g/mol. The Morgan fingerprint density at radius 1 is 1.00 bits per heavy atom. The van der Waals surface area contributed by atoms with E-state index in [-0.39, 0.29) is 6.04 Å². The zero-order valence-corrected chi connectivity index (χ0v) is 8.13. The second kappa shape index (κ2) is 3.73. The molecule has 0 aliphatic carbocycles. The maximum absolute atomic E-state index is 4.16. The first-order valence-corrected chi connectivity index (χ1v) is 5.17. The highest BCUT2D eigenvalue weighted by atomic mass is 32.1. The molecule has 0 unspecified atom stereocenters. The summed E-state index contributed by atoms with van der Waals surface area (Å²) in [7, 11) is 0. The Hall–Kier alpha value is -1.12. The Labute approximate surface area is 81.8 Å². The highest BCUT2D eigenvalue weighted by molar-refractivity contribution is 7.10. The van der Waals surface area contributed by atoms with Crippen LogP contribution in [0, 0.1) is 0 Å². The predicted molar refractivity (Wildman–Crippen MR) is 55.5 cm³/mol. The minimum Gasteiger partial charge on any atom is -0.347 e. The Bertz CT molecular complexity index is 353. The van der Waals surface area contributed by atoms with Crippen molar-refractivity contribution in [1.29, 1.82) is 0 Å². The number of hydrogen-bond donors (Lipinski definition) is 1. The van der Waals surface area contributed by atoms with Crippen LogP contribution in [0.15, 0.2) is 47.8 Å². The van der Waals surface area contributed by atoms with Crippen molar-refractivity contribution in [1.82, 2.24) is 0 Å². The quantitative estimate of drug-likeness (QED) is 0.751. The molecule has 0 aliphatic heterocycles. The van der Waals surface area contributed by atoms with Gasteiger partial charge in [-0.2, -0.15) is 0 Å². The molecule has 66 valence electrons. The molecule has 0 spiro atoms. The SMILES string of the molecule is [NH3+][C@@H](c1ccccc1)c1cccs1. The van der Waals surface area contributed by atoms with Gasteiger partial charge in [-0.05, 0) is 11.4 Å². The van der Waals surface area contributed by atoms with E-state index < -0.39 is 0 Å². The lowest BCUT2D eigenvalue weighted by Crippen LogP contribution is -2.53. The number of hydrogen-bond acceptors (Lipinski definition) is 1. The maximum atomic E-state index is 4.16. The van der Waals surface area contributed by atoms with Crippen LogP contribution in [0.3, 0.4) is 0 Å². The third-order valence-electron chi connectivity index (χ3n) is 2.09. The van der Waals surface area contributed by atoms with Crippen molar-refractivity contribution in [3.05, 3.63) is 58.3 Å². The maximum Gasteiger partial charge on any atom is 0.145 e. The van der Waals surface area contributed by atoms with Crippen molar-refractivity contribution < 1.29 is 5.73 Å². The van der Waals surface area contributed by atoms with Crippen LogP contribution in [0.5, 0.6) is 0 Å². The highest BCUT2D eigenvalue weighted by Gasteiger charge is 2.11. The number of thiophene rings is 1. The van der Waals surface area contributed by atoms with Crippen LogP contribution in [-0.4, -0.2) is 0 Å². The lowest BCUT2D eigenvalue weighted by Gasteiger charge is -2.05. The molecule has 1 aromatic carbocycles. The van der Waals surface area contributed by atoms with Crippen LogP contribution in [0.1, 0.15) is 16.5 Å². The molecule has 0 amide bonds. The molecular formula is C11H12NS+. The molecule has 0 bridgehead atoms. The van der Waals surface area contributed by atoms with E-state index in [2.05, 4.69) is 47.5 Å². The van der Waals surface area contributed by atoms with E-state index >= 15 is 0 Å². The molecule has 1 heterocycles. The molecule has 3 N–H and O–H groups in total. The number of benzene rings is 1. The first kappa shape index (κ1) is 8.48. The lowest BCUT2D eigenvalue weighted by atomic mass is 10.1. The molecule has 0 aliphatic rings. The summed E-state index contributed by atoms with van der Waals surface area (Å²) in [6, 6.07) is 14.9. The molecule has 0 saturated carbocycles. The second-order valence-electron chi connectivity index (χ2n) is 2.98. The van der Waals surface area contributed by atoms with Gasteiger partial charge in [0.05, 0.1) is 4.88 Å². The van der Waals surface area contributed by atoms with Crippen molar-refractivity contribution in [2.24, 2.45) is 0 Å². The first-order valence-electron chi connectivity index (χ1n) is 4.29. The molecule has 1 atom stereocenters. The van der Waals surface area contributed by atoms with Crippen LogP contribution >= 0.6 is 11.3 Å². The molecule has 0 fully saturated rings. The Kier molecular flexibility index (Phi) is 2.43. The largest absolute Gasteiger partial charge is 0.347 e. The molecule has 2 heteroatoms. The Morgan fingerprint density at radius 3 is 2.38 bits per heavy atom. The van der Waals surface area contributed by atoms with E-state index in [9.17, 15) is 0 Å². The van der Waals surface area contributed by atoms with Crippen LogP contribution in [0.2, 0.25) is 0 Å². The summed E-state index contributed by atoms with van der Waals surface area (Å²) in [5.74, 6) is 0. The van der Waals surface area contributed by atoms with Gasteiger partial charge in [0, 0.05) is 5.56 Å². The summed E-state index contributed by atoms with van der Waals surface area (Å²) in [4.78, 5) is 1.33. The molecular weight excluding hydrogens is 178 g/mol. The minimum absolute atomic E-state index is 0.279. The Morgan fingerprint density at radius 2 is 1.77 bits per heavy atom. The van der Waals surface area contributed by atoms with Crippen molar-refractivity contribution >= 4 is 11.3 Å². The summed E-state index contributed by atoms with van der Waals surface area (Å²) < 4.78 is 0. The fraction of sp³-hybridized carbons (Fsp3) is 0.0909. The van der Waals surface area contributed by atoms with E-state index in [1.165, 1.54) is 10.4 Å². The molecule has 2 aromatic rings. The van der Waals surface area contributed by atoms with Gasteiger partial charge in [0.25, 0.3) is 0 Å². The summed E-state index contributed by atoms with van der Waals surface area (Å²) in [6.07, 6.45) is 0. The number of rotatable bonds is 2. The van der Waals surface area contributed by atoms with Gasteiger partial charge in [-0.25, -0.2) is 0 Å². The topological polar surface area (TPSA) is 27.6 Å². The molecule has 0 radical (unpaired) electrons. The lowest BCUT2D eigenvalue weighted by molar-refractivity contribution is -0.410. The predicted octanol–water partition coefficient (Wildman–Crippen LogP) is 2.08. The van der Waals surface area contributed by atoms with Gasteiger partial charge >= 0.3 is 0 Å². The van der Waals surface area contributed by atoms with Crippen LogP contribution in [-0.2, 0) is 0 Å². The highest BCUT2D eigenvalue weighted by Crippen LogP contribution is 2.21. The van der Waals surface area contributed by atoms with Gasteiger partial charge in [0.1, 0.15) is 6.04 Å². The fourth-order valence-electron chi connectivity index (χ4n) is 1.34. The second-order valence-corrected chi connectivity index (χ2v) is 3.96. The molecule has 2 rings (SSSR count). The molecule has 0 saturated heterocycles. The van der Waals surface area contributed by atoms with Crippen molar-refractivity contribution in [3.63, 3.8) is 0 Å². The first-order chi connectivity index (χ1) is 6.38. The van der Waals surface area contributed by atoms with Gasteiger partial charge in [-0.3, -0.25) is 0 Å². The third kappa shape index (κ3) is 1.79. The van der Waals surface area contributed by atoms with Crippen molar-refractivity contribution in [2.45, 2.75) is 6.04 Å². The summed E-state index contributed by atoms with van der Waals surface area (Å²) in [5.41, 5.74) is 5.44. The van der Waals surface area contributed by atoms with Crippen molar-refractivity contribution in [3.8, 4) is 0 Å². The van der Waals surface area contributed by atoms with Gasteiger partial charge in [-0.15, -0.1) is 11.3 Å². The summed E-state index contributed by atoms with van der Waals surface area (Å²) in [5, 5.41) is 2.09. The zero-order chi connectivity index (χ0) is 9.10. The van der Waals surface area contributed by atoms with Gasteiger partial charge in [-0.1, -0.05) is 36.4 Å². The van der Waals surface area contributed by atoms with Crippen molar-refractivity contribution in [2.75, 3.05) is 0 Å². The van der Waals surface area contributed by atoms with E-state index in [1.807, 2.05) is 6.07 Å². The van der Waals surface area contributed by atoms with E-state index in [1.54, 1.807) is 11.3 Å². The zero-order valence-electron chi connectivity index (χ0n) is 7.31. The molecule has 13 heavy (non-hydrogen) atoms. The average molecular weight is 190 g/mol. The summed E-state index contributed by atoms with van der Waals surface area (Å²) in [6.45, 7) is 0.